The van der Waals surface area contributed by atoms with Crippen molar-refractivity contribution in [1.82, 2.24) is 4.90 Å². The van der Waals surface area contributed by atoms with E-state index in [2.05, 4.69) is 11.0 Å². The van der Waals surface area contributed by atoms with Gasteiger partial charge in [0.2, 0.25) is 0 Å². The quantitative estimate of drug-likeness (QED) is 0.858. The predicted octanol–water partition coefficient (Wildman–Crippen LogP) is 2.60. The zero-order valence-electron chi connectivity index (χ0n) is 11.2. The van der Waals surface area contributed by atoms with Crippen LogP contribution >= 0.6 is 11.6 Å². The van der Waals surface area contributed by atoms with E-state index in [9.17, 15) is 8.42 Å². The van der Waals surface area contributed by atoms with Gasteiger partial charge < -0.3 is 0 Å². The summed E-state index contributed by atoms with van der Waals surface area (Å²) in [6.07, 6.45) is 3.41. The molecule has 0 unspecified atom stereocenters. The van der Waals surface area contributed by atoms with Crippen molar-refractivity contribution >= 4 is 21.4 Å². The Morgan fingerprint density at radius 2 is 2.21 bits per heavy atom. The molecule has 0 bridgehead atoms. The first-order chi connectivity index (χ1) is 8.92. The van der Waals surface area contributed by atoms with E-state index < -0.39 is 9.84 Å². The van der Waals surface area contributed by atoms with Crippen molar-refractivity contribution in [2.45, 2.75) is 19.4 Å². The average Bonchev–Trinajstić information content (AvgIpc) is 2.27. The van der Waals surface area contributed by atoms with E-state index in [-0.39, 0.29) is 5.92 Å². The van der Waals surface area contributed by atoms with Crippen molar-refractivity contribution in [2.24, 2.45) is 5.92 Å². The molecule has 0 spiro atoms. The highest BCUT2D eigenvalue weighted by Gasteiger charge is 2.23. The second-order valence-electron chi connectivity index (χ2n) is 5.47. The SMILES string of the molecule is CS(=O)(=O)C[C@@H]1CCCN(Cc2cccc(Cl)c2)C1. The number of benzene rings is 1. The molecule has 19 heavy (non-hydrogen) atoms. The van der Waals surface area contributed by atoms with Crippen molar-refractivity contribution in [2.75, 3.05) is 25.1 Å². The maximum Gasteiger partial charge on any atom is 0.147 e. The summed E-state index contributed by atoms with van der Waals surface area (Å²) in [5.74, 6) is 0.571. The predicted molar refractivity (Wildman–Crippen MR) is 79.2 cm³/mol. The third kappa shape index (κ3) is 5.13. The van der Waals surface area contributed by atoms with Gasteiger partial charge in [0, 0.05) is 24.4 Å². The third-order valence-corrected chi connectivity index (χ3v) is 4.75. The van der Waals surface area contributed by atoms with Gasteiger partial charge in [0.15, 0.2) is 0 Å². The molecule has 1 aromatic rings. The zero-order chi connectivity index (χ0) is 13.9. The van der Waals surface area contributed by atoms with Crippen molar-refractivity contribution in [3.8, 4) is 0 Å². The van der Waals surface area contributed by atoms with Crippen molar-refractivity contribution in [1.29, 1.82) is 0 Å². The maximum atomic E-state index is 11.4. The van der Waals surface area contributed by atoms with Crippen LogP contribution in [0.3, 0.4) is 0 Å². The standard InChI is InChI=1S/C14H20ClNO2S/c1-19(17,18)11-13-5-3-7-16(10-13)9-12-4-2-6-14(15)8-12/h2,4,6,8,13H,3,5,7,9-11H2,1H3/t13-/m1/s1. The number of rotatable bonds is 4. The lowest BCUT2D eigenvalue weighted by atomic mass is 9.99. The number of nitrogens with zero attached hydrogens (tertiary/aromatic N) is 1. The molecule has 0 amide bonds. The number of halogens is 1. The summed E-state index contributed by atoms with van der Waals surface area (Å²) in [6.45, 7) is 2.74. The topological polar surface area (TPSA) is 37.4 Å². The minimum absolute atomic E-state index is 0.267. The van der Waals surface area contributed by atoms with Crippen molar-refractivity contribution in [3.63, 3.8) is 0 Å². The third-order valence-electron chi connectivity index (χ3n) is 3.44. The molecule has 1 heterocycles. The van der Waals surface area contributed by atoms with E-state index in [1.807, 2.05) is 18.2 Å². The van der Waals surface area contributed by atoms with Gasteiger partial charge in [-0.3, -0.25) is 4.90 Å². The van der Waals surface area contributed by atoms with Gasteiger partial charge in [-0.1, -0.05) is 23.7 Å². The molecular formula is C14H20ClNO2S. The van der Waals surface area contributed by atoms with Gasteiger partial charge in [-0.25, -0.2) is 8.42 Å². The van der Waals surface area contributed by atoms with Crippen LogP contribution in [0.25, 0.3) is 0 Å². The van der Waals surface area contributed by atoms with Gasteiger partial charge in [0.1, 0.15) is 9.84 Å². The minimum Gasteiger partial charge on any atom is -0.299 e. The number of hydrogen-bond acceptors (Lipinski definition) is 3. The molecule has 3 nitrogen and oxygen atoms in total. The van der Waals surface area contributed by atoms with Crippen LogP contribution in [0.1, 0.15) is 18.4 Å². The highest BCUT2D eigenvalue weighted by Crippen LogP contribution is 2.20. The van der Waals surface area contributed by atoms with Crippen LogP contribution in [0.15, 0.2) is 24.3 Å². The van der Waals surface area contributed by atoms with Gasteiger partial charge in [0.05, 0.1) is 5.75 Å². The average molecular weight is 302 g/mol. The molecule has 1 fully saturated rings. The highest BCUT2D eigenvalue weighted by atomic mass is 35.5. The number of piperidine rings is 1. The second-order valence-corrected chi connectivity index (χ2v) is 8.09. The van der Waals surface area contributed by atoms with Crippen LogP contribution in [0, 0.1) is 5.92 Å². The summed E-state index contributed by atoms with van der Waals surface area (Å²) in [7, 11) is -2.87. The van der Waals surface area contributed by atoms with E-state index in [0.717, 1.165) is 37.5 Å². The van der Waals surface area contributed by atoms with Crippen LogP contribution in [0.2, 0.25) is 5.02 Å². The molecule has 1 aliphatic rings. The summed E-state index contributed by atoms with van der Waals surface area (Å²) in [5.41, 5.74) is 1.19. The number of sulfone groups is 1. The first kappa shape index (κ1) is 14.8. The lowest BCUT2D eigenvalue weighted by Crippen LogP contribution is -2.37. The largest absolute Gasteiger partial charge is 0.299 e. The van der Waals surface area contributed by atoms with Gasteiger partial charge in [-0.15, -0.1) is 0 Å². The van der Waals surface area contributed by atoms with E-state index in [1.165, 1.54) is 11.8 Å². The first-order valence-electron chi connectivity index (χ1n) is 6.57. The molecule has 1 aliphatic heterocycles. The molecule has 106 valence electrons. The normalized spacial score (nSPS) is 21.5. The fourth-order valence-electron chi connectivity index (χ4n) is 2.75. The smallest absolute Gasteiger partial charge is 0.147 e. The Hall–Kier alpha value is -0.580. The molecule has 1 atom stereocenters. The molecule has 0 aliphatic carbocycles. The fourth-order valence-corrected chi connectivity index (χ4v) is 4.09. The molecule has 0 N–H and O–H groups in total. The molecule has 1 aromatic carbocycles. The van der Waals surface area contributed by atoms with Gasteiger partial charge in [0.25, 0.3) is 0 Å². The Labute approximate surface area is 120 Å². The van der Waals surface area contributed by atoms with Crippen LogP contribution in [0.5, 0.6) is 0 Å². The molecule has 0 radical (unpaired) electrons. The van der Waals surface area contributed by atoms with Crippen LogP contribution in [-0.2, 0) is 16.4 Å². The molecular weight excluding hydrogens is 282 g/mol. The number of likely N-dealkylation sites (tertiary alicyclic amines) is 1. The summed E-state index contributed by atoms with van der Waals surface area (Å²) >= 11 is 5.98. The summed E-state index contributed by atoms with van der Waals surface area (Å²) in [5, 5.41) is 0.752. The highest BCUT2D eigenvalue weighted by molar-refractivity contribution is 7.90. The van der Waals surface area contributed by atoms with Gasteiger partial charge in [-0.05, 0) is 43.0 Å². The van der Waals surface area contributed by atoms with E-state index in [0.29, 0.717) is 5.75 Å². The van der Waals surface area contributed by atoms with Crippen molar-refractivity contribution in [3.05, 3.63) is 34.9 Å². The van der Waals surface area contributed by atoms with E-state index in [1.54, 1.807) is 0 Å². The van der Waals surface area contributed by atoms with Crippen LogP contribution in [0.4, 0.5) is 0 Å². The minimum atomic E-state index is -2.87. The summed E-state index contributed by atoms with van der Waals surface area (Å²) in [4.78, 5) is 2.32. The Balaban J connectivity index is 1.94. The maximum absolute atomic E-state index is 11.4. The Morgan fingerprint density at radius 3 is 2.89 bits per heavy atom. The van der Waals surface area contributed by atoms with Crippen molar-refractivity contribution < 1.29 is 8.42 Å². The molecule has 0 saturated carbocycles. The lowest BCUT2D eigenvalue weighted by Gasteiger charge is -2.32. The first-order valence-corrected chi connectivity index (χ1v) is 9.01. The monoisotopic (exact) mass is 301 g/mol. The van der Waals surface area contributed by atoms with E-state index >= 15 is 0 Å². The fraction of sp³-hybridized carbons (Fsp3) is 0.571. The van der Waals surface area contributed by atoms with Crippen LogP contribution < -0.4 is 0 Å². The summed E-state index contributed by atoms with van der Waals surface area (Å²) < 4.78 is 22.7. The second kappa shape index (κ2) is 6.25. The Morgan fingerprint density at radius 1 is 1.42 bits per heavy atom. The number of hydrogen-bond donors (Lipinski definition) is 0. The Kier molecular flexibility index (Phi) is 4.87. The van der Waals surface area contributed by atoms with Gasteiger partial charge >= 0.3 is 0 Å². The molecule has 1 saturated heterocycles. The molecule has 2 rings (SSSR count). The lowest BCUT2D eigenvalue weighted by molar-refractivity contribution is 0.178. The molecule has 0 aromatic heterocycles. The summed E-state index contributed by atoms with van der Waals surface area (Å²) in [6, 6.07) is 7.86. The Bertz CT molecular complexity index is 530. The van der Waals surface area contributed by atoms with E-state index in [4.69, 9.17) is 11.6 Å². The van der Waals surface area contributed by atoms with Crippen LogP contribution in [-0.4, -0.2) is 38.4 Å². The zero-order valence-corrected chi connectivity index (χ0v) is 12.8. The molecule has 5 heteroatoms. The van der Waals surface area contributed by atoms with Gasteiger partial charge in [-0.2, -0.15) is 0 Å².